The Morgan fingerprint density at radius 1 is 1.17 bits per heavy atom. The van der Waals surface area contributed by atoms with Crippen molar-refractivity contribution in [3.8, 4) is 0 Å². The van der Waals surface area contributed by atoms with Gasteiger partial charge in [0.2, 0.25) is 5.91 Å². The van der Waals surface area contributed by atoms with Crippen molar-refractivity contribution in [3.63, 3.8) is 0 Å². The minimum atomic E-state index is -0.578. The van der Waals surface area contributed by atoms with Crippen LogP contribution in [0.15, 0.2) is 0 Å². The Morgan fingerprint density at radius 2 is 1.58 bits per heavy atom. The van der Waals surface area contributed by atoms with Crippen LogP contribution in [0.25, 0.3) is 0 Å². The van der Waals surface area contributed by atoms with Crippen LogP contribution < -0.4 is 16.4 Å². The van der Waals surface area contributed by atoms with E-state index in [1.54, 1.807) is 0 Å². The molecule has 0 rings (SSSR count). The Bertz CT molecular complexity index is 121. The SMILES string of the molecule is CC.CC(=O)NCCNC(N)=O. The monoisotopic (exact) mass is 175 g/mol. The van der Waals surface area contributed by atoms with Gasteiger partial charge in [0.05, 0.1) is 0 Å². The highest BCUT2D eigenvalue weighted by molar-refractivity contribution is 5.73. The van der Waals surface area contributed by atoms with E-state index in [0.717, 1.165) is 0 Å². The lowest BCUT2D eigenvalue weighted by Crippen LogP contribution is -2.36. The summed E-state index contributed by atoms with van der Waals surface area (Å²) >= 11 is 0. The summed E-state index contributed by atoms with van der Waals surface area (Å²) < 4.78 is 0. The summed E-state index contributed by atoms with van der Waals surface area (Å²) in [5.74, 6) is -0.119. The zero-order chi connectivity index (χ0) is 9.98. The van der Waals surface area contributed by atoms with Crippen molar-refractivity contribution in [2.75, 3.05) is 13.1 Å². The molecular formula is C7H17N3O2. The molecule has 0 bridgehead atoms. The van der Waals surface area contributed by atoms with Crippen molar-refractivity contribution in [3.05, 3.63) is 0 Å². The standard InChI is InChI=1S/C5H11N3O2.C2H6/c1-4(9)7-2-3-8-5(6)10;1-2/h2-3H2,1H3,(H,7,9)(H3,6,8,10);1-2H3. The Kier molecular flexibility index (Phi) is 10.8. The summed E-state index contributed by atoms with van der Waals surface area (Å²) in [4.78, 5) is 20.3. The molecule has 0 heterocycles. The molecule has 0 aromatic heterocycles. The first-order chi connectivity index (χ1) is 5.63. The van der Waals surface area contributed by atoms with Crippen molar-refractivity contribution in [2.24, 2.45) is 5.73 Å². The van der Waals surface area contributed by atoms with E-state index in [1.165, 1.54) is 6.92 Å². The third kappa shape index (κ3) is 15.9. The average Bonchev–Trinajstić information content (AvgIpc) is 2.02. The predicted octanol–water partition coefficient (Wildman–Crippen LogP) is -0.183. The van der Waals surface area contributed by atoms with Crippen molar-refractivity contribution in [1.82, 2.24) is 10.6 Å². The molecule has 5 nitrogen and oxygen atoms in total. The largest absolute Gasteiger partial charge is 0.355 e. The molecule has 0 aliphatic carbocycles. The fourth-order valence-electron chi connectivity index (χ4n) is 0.424. The number of primary amides is 1. The van der Waals surface area contributed by atoms with E-state index < -0.39 is 6.03 Å². The van der Waals surface area contributed by atoms with Gasteiger partial charge in [-0.2, -0.15) is 0 Å². The Balaban J connectivity index is 0. The van der Waals surface area contributed by atoms with Gasteiger partial charge in [0.15, 0.2) is 0 Å². The van der Waals surface area contributed by atoms with Gasteiger partial charge >= 0.3 is 6.03 Å². The molecule has 3 amide bonds. The molecule has 4 N–H and O–H groups in total. The van der Waals surface area contributed by atoms with E-state index >= 15 is 0 Å². The quantitative estimate of drug-likeness (QED) is 0.520. The maximum atomic E-state index is 10.2. The van der Waals surface area contributed by atoms with Crippen LogP contribution in [-0.2, 0) is 4.79 Å². The first kappa shape index (κ1) is 13.3. The third-order valence-corrected chi connectivity index (χ3v) is 0.798. The maximum absolute atomic E-state index is 10.2. The Morgan fingerprint density at radius 3 is 1.92 bits per heavy atom. The summed E-state index contributed by atoms with van der Waals surface area (Å²) in [6, 6.07) is -0.578. The molecule has 12 heavy (non-hydrogen) atoms. The van der Waals surface area contributed by atoms with E-state index in [9.17, 15) is 9.59 Å². The molecule has 0 fully saturated rings. The Hall–Kier alpha value is -1.26. The van der Waals surface area contributed by atoms with Crippen LogP contribution in [-0.4, -0.2) is 25.0 Å². The van der Waals surface area contributed by atoms with Crippen LogP contribution in [0.3, 0.4) is 0 Å². The zero-order valence-electron chi connectivity index (χ0n) is 7.81. The van der Waals surface area contributed by atoms with Crippen LogP contribution in [0, 0.1) is 0 Å². The molecular weight excluding hydrogens is 158 g/mol. The van der Waals surface area contributed by atoms with Gasteiger partial charge in [-0.3, -0.25) is 4.79 Å². The molecule has 72 valence electrons. The second-order valence-corrected chi connectivity index (χ2v) is 1.77. The van der Waals surface area contributed by atoms with E-state index in [-0.39, 0.29) is 5.91 Å². The summed E-state index contributed by atoms with van der Waals surface area (Å²) in [6.45, 7) is 6.19. The molecule has 0 saturated carbocycles. The van der Waals surface area contributed by atoms with Crippen LogP contribution in [0.4, 0.5) is 4.79 Å². The van der Waals surface area contributed by atoms with Gasteiger partial charge in [-0.1, -0.05) is 13.8 Å². The molecule has 0 saturated heterocycles. The predicted molar refractivity (Wildman–Crippen MR) is 47.6 cm³/mol. The van der Waals surface area contributed by atoms with Gasteiger partial charge < -0.3 is 16.4 Å². The number of carbonyl (C=O) groups excluding carboxylic acids is 2. The van der Waals surface area contributed by atoms with Crippen molar-refractivity contribution in [2.45, 2.75) is 20.8 Å². The third-order valence-electron chi connectivity index (χ3n) is 0.798. The molecule has 0 atom stereocenters. The number of urea groups is 1. The van der Waals surface area contributed by atoms with Gasteiger partial charge in [-0.05, 0) is 0 Å². The van der Waals surface area contributed by atoms with Gasteiger partial charge in [0, 0.05) is 20.0 Å². The van der Waals surface area contributed by atoms with Gasteiger partial charge in [-0.25, -0.2) is 4.79 Å². The molecule has 0 unspecified atom stereocenters. The van der Waals surface area contributed by atoms with E-state index in [0.29, 0.717) is 13.1 Å². The van der Waals surface area contributed by atoms with Crippen LogP contribution >= 0.6 is 0 Å². The summed E-state index contributed by atoms with van der Waals surface area (Å²) in [7, 11) is 0. The number of nitrogens with one attached hydrogen (secondary N) is 2. The van der Waals surface area contributed by atoms with Gasteiger partial charge in [-0.15, -0.1) is 0 Å². The van der Waals surface area contributed by atoms with Gasteiger partial charge in [0.1, 0.15) is 0 Å². The van der Waals surface area contributed by atoms with E-state index in [4.69, 9.17) is 5.73 Å². The van der Waals surface area contributed by atoms with Crippen LogP contribution in [0.5, 0.6) is 0 Å². The minimum Gasteiger partial charge on any atom is -0.355 e. The first-order valence-corrected chi connectivity index (χ1v) is 3.90. The summed E-state index contributed by atoms with van der Waals surface area (Å²) in [5, 5.41) is 4.82. The highest BCUT2D eigenvalue weighted by Crippen LogP contribution is 1.60. The van der Waals surface area contributed by atoms with E-state index in [1.807, 2.05) is 13.8 Å². The van der Waals surface area contributed by atoms with Crippen LogP contribution in [0.2, 0.25) is 0 Å². The number of amides is 3. The number of carbonyl (C=O) groups is 2. The van der Waals surface area contributed by atoms with Crippen molar-refractivity contribution < 1.29 is 9.59 Å². The second-order valence-electron chi connectivity index (χ2n) is 1.77. The average molecular weight is 175 g/mol. The summed E-state index contributed by atoms with van der Waals surface area (Å²) in [6.07, 6.45) is 0. The topological polar surface area (TPSA) is 84.2 Å². The fourth-order valence-corrected chi connectivity index (χ4v) is 0.424. The van der Waals surface area contributed by atoms with Crippen molar-refractivity contribution in [1.29, 1.82) is 0 Å². The van der Waals surface area contributed by atoms with E-state index in [2.05, 4.69) is 10.6 Å². The molecule has 0 aliphatic rings. The number of rotatable bonds is 3. The Labute approximate surface area is 72.7 Å². The number of nitrogens with two attached hydrogens (primary N) is 1. The smallest absolute Gasteiger partial charge is 0.312 e. The normalized spacial score (nSPS) is 7.58. The number of hydrogen-bond acceptors (Lipinski definition) is 2. The minimum absolute atomic E-state index is 0.119. The van der Waals surface area contributed by atoms with Gasteiger partial charge in [0.25, 0.3) is 0 Å². The number of hydrogen-bond donors (Lipinski definition) is 3. The van der Waals surface area contributed by atoms with Crippen molar-refractivity contribution >= 4 is 11.9 Å². The highest BCUT2D eigenvalue weighted by atomic mass is 16.2. The second kappa shape index (κ2) is 9.74. The molecule has 0 aliphatic heterocycles. The lowest BCUT2D eigenvalue weighted by molar-refractivity contribution is -0.118. The zero-order valence-corrected chi connectivity index (χ0v) is 7.81. The molecule has 0 aromatic carbocycles. The lowest BCUT2D eigenvalue weighted by Gasteiger charge is -2.00. The summed E-state index contributed by atoms with van der Waals surface area (Å²) in [5.41, 5.74) is 4.75. The first-order valence-electron chi connectivity index (χ1n) is 3.90. The molecule has 5 heteroatoms. The maximum Gasteiger partial charge on any atom is 0.312 e. The fraction of sp³-hybridized carbons (Fsp3) is 0.714. The van der Waals surface area contributed by atoms with Crippen LogP contribution in [0.1, 0.15) is 20.8 Å². The molecule has 0 aromatic rings. The molecule has 0 spiro atoms. The highest BCUT2D eigenvalue weighted by Gasteiger charge is 1.91. The lowest BCUT2D eigenvalue weighted by atomic mass is 10.6. The molecule has 0 radical (unpaired) electrons.